The molecule has 34 heavy (non-hydrogen) atoms. The van der Waals surface area contributed by atoms with E-state index in [4.69, 9.17) is 10.5 Å². The van der Waals surface area contributed by atoms with Gasteiger partial charge in [-0.05, 0) is 36.4 Å². The van der Waals surface area contributed by atoms with E-state index >= 15 is 0 Å². The molecule has 0 saturated carbocycles. The van der Waals surface area contributed by atoms with Gasteiger partial charge >= 0.3 is 0 Å². The zero-order valence-electron chi connectivity index (χ0n) is 19.1. The number of hydrazine groups is 1. The van der Waals surface area contributed by atoms with Gasteiger partial charge in [0.1, 0.15) is 17.8 Å². The summed E-state index contributed by atoms with van der Waals surface area (Å²) in [6.45, 7) is 4.36. The quantitative estimate of drug-likeness (QED) is 0.318. The average molecular weight is 486 g/mol. The van der Waals surface area contributed by atoms with Gasteiger partial charge in [-0.25, -0.2) is 18.4 Å². The maximum Gasteiger partial charge on any atom is 0.273 e. The number of aromatic nitrogens is 2. The smallest absolute Gasteiger partial charge is 0.273 e. The molecular weight excluding hydrogens is 458 g/mol. The third kappa shape index (κ3) is 5.35. The number of methoxy groups -OCH3 is 1. The van der Waals surface area contributed by atoms with Crippen LogP contribution in [0.1, 0.15) is 24.2 Å². The minimum Gasteiger partial charge on any atom is -0.496 e. The number of nitrogens with one attached hydrogen (secondary N) is 3. The van der Waals surface area contributed by atoms with Crippen molar-refractivity contribution < 1.29 is 17.9 Å². The number of para-hydroxylation sites is 1. The molecule has 12 heteroatoms. The van der Waals surface area contributed by atoms with Gasteiger partial charge in [0.25, 0.3) is 5.91 Å². The van der Waals surface area contributed by atoms with Crippen LogP contribution < -0.4 is 26.6 Å². The standard InChI is InChI=1S/C22H27N7O4S/c1-4-29(5-2)34(31,32)16-12-10-15(11-13-16)26-20-19(23)21(25-14-24-20)27-28-22(30)17-8-6-7-9-18(17)33-3/h6-14H,4-5,23H2,1-3H3,(H,28,30)(H2,24,25,26,27). The zero-order valence-corrected chi connectivity index (χ0v) is 19.9. The van der Waals surface area contributed by atoms with Gasteiger partial charge in [0, 0.05) is 18.8 Å². The molecule has 0 aliphatic heterocycles. The van der Waals surface area contributed by atoms with Crippen molar-refractivity contribution in [2.45, 2.75) is 18.7 Å². The Kier molecular flexibility index (Phi) is 7.87. The lowest BCUT2D eigenvalue weighted by Crippen LogP contribution is -2.30. The fourth-order valence-electron chi connectivity index (χ4n) is 3.17. The van der Waals surface area contributed by atoms with Gasteiger partial charge in [0.2, 0.25) is 10.0 Å². The van der Waals surface area contributed by atoms with Crippen molar-refractivity contribution >= 4 is 38.9 Å². The number of benzene rings is 2. The van der Waals surface area contributed by atoms with Crippen molar-refractivity contribution in [3.05, 3.63) is 60.4 Å². The maximum absolute atomic E-state index is 12.6. The normalized spacial score (nSPS) is 11.2. The van der Waals surface area contributed by atoms with Crippen LogP contribution >= 0.6 is 0 Å². The van der Waals surface area contributed by atoms with Crippen molar-refractivity contribution in [2.24, 2.45) is 0 Å². The van der Waals surface area contributed by atoms with Crippen molar-refractivity contribution in [1.82, 2.24) is 19.7 Å². The number of hydrogen-bond donors (Lipinski definition) is 4. The molecule has 0 aliphatic carbocycles. The number of anilines is 4. The highest BCUT2D eigenvalue weighted by Gasteiger charge is 2.21. The molecule has 11 nitrogen and oxygen atoms in total. The van der Waals surface area contributed by atoms with Crippen LogP contribution in [0.15, 0.2) is 59.8 Å². The topological polar surface area (TPSA) is 152 Å². The minimum absolute atomic E-state index is 0.155. The van der Waals surface area contributed by atoms with Gasteiger partial charge in [-0.3, -0.25) is 15.6 Å². The van der Waals surface area contributed by atoms with E-state index in [1.807, 2.05) is 0 Å². The first kappa shape index (κ1) is 24.7. The number of rotatable bonds is 10. The molecule has 180 valence electrons. The zero-order chi connectivity index (χ0) is 24.7. The third-order valence-corrected chi connectivity index (χ3v) is 7.05. The number of carbonyl (C=O) groups is 1. The largest absolute Gasteiger partial charge is 0.496 e. The van der Waals surface area contributed by atoms with E-state index in [1.54, 1.807) is 50.2 Å². The van der Waals surface area contributed by atoms with Crippen molar-refractivity contribution in [3.63, 3.8) is 0 Å². The number of sulfonamides is 1. The van der Waals surface area contributed by atoms with E-state index < -0.39 is 15.9 Å². The van der Waals surface area contributed by atoms with Crippen molar-refractivity contribution in [2.75, 3.05) is 36.7 Å². The lowest BCUT2D eigenvalue weighted by atomic mass is 10.2. The summed E-state index contributed by atoms with van der Waals surface area (Å²) in [5.74, 6) is 0.450. The first-order valence-electron chi connectivity index (χ1n) is 10.5. The van der Waals surface area contributed by atoms with Crippen LogP contribution in [-0.2, 0) is 10.0 Å². The summed E-state index contributed by atoms with van der Waals surface area (Å²) < 4.78 is 31.9. The number of ether oxygens (including phenoxy) is 1. The number of hydrogen-bond acceptors (Lipinski definition) is 9. The van der Waals surface area contributed by atoms with Gasteiger partial charge in [-0.15, -0.1) is 0 Å². The molecule has 0 unspecified atom stereocenters. The summed E-state index contributed by atoms with van der Waals surface area (Å²) in [7, 11) is -2.08. The number of nitrogens with two attached hydrogens (primary N) is 1. The molecular formula is C22H27N7O4S. The summed E-state index contributed by atoms with van der Waals surface area (Å²) in [5, 5.41) is 3.03. The van der Waals surface area contributed by atoms with Crippen LogP contribution in [0.3, 0.4) is 0 Å². The second kappa shape index (κ2) is 10.8. The van der Waals surface area contributed by atoms with Gasteiger partial charge in [-0.2, -0.15) is 4.31 Å². The Morgan fingerprint density at radius 1 is 1.03 bits per heavy atom. The first-order valence-corrected chi connectivity index (χ1v) is 11.9. The fraction of sp³-hybridized carbons (Fsp3) is 0.227. The van der Waals surface area contributed by atoms with Gasteiger partial charge in [-0.1, -0.05) is 26.0 Å². The minimum atomic E-state index is -3.55. The van der Waals surface area contributed by atoms with E-state index in [2.05, 4.69) is 26.1 Å². The predicted molar refractivity (Wildman–Crippen MR) is 130 cm³/mol. The Labute approximate surface area is 198 Å². The van der Waals surface area contributed by atoms with Crippen LogP contribution in [0.5, 0.6) is 5.75 Å². The van der Waals surface area contributed by atoms with Gasteiger partial charge in [0.15, 0.2) is 11.6 Å². The molecule has 0 atom stereocenters. The van der Waals surface area contributed by atoms with E-state index in [9.17, 15) is 13.2 Å². The Morgan fingerprint density at radius 3 is 2.32 bits per heavy atom. The lowest BCUT2D eigenvalue weighted by molar-refractivity contribution is 0.0959. The summed E-state index contributed by atoms with van der Waals surface area (Å²) in [4.78, 5) is 20.9. The maximum atomic E-state index is 12.6. The molecule has 0 aliphatic rings. The Hall–Kier alpha value is -3.90. The average Bonchev–Trinajstić information content (AvgIpc) is 2.85. The molecule has 0 radical (unpaired) electrons. The molecule has 0 spiro atoms. The first-order chi connectivity index (χ1) is 16.3. The molecule has 2 aromatic carbocycles. The van der Waals surface area contributed by atoms with Crippen LogP contribution in [0.2, 0.25) is 0 Å². The molecule has 0 fully saturated rings. The second-order valence-corrected chi connectivity index (χ2v) is 8.94. The highest BCUT2D eigenvalue weighted by molar-refractivity contribution is 7.89. The van der Waals surface area contributed by atoms with E-state index in [0.717, 1.165) is 0 Å². The Bertz CT molecular complexity index is 1250. The molecule has 1 aromatic heterocycles. The fourth-order valence-corrected chi connectivity index (χ4v) is 4.63. The van der Waals surface area contributed by atoms with Crippen LogP contribution in [0.4, 0.5) is 23.0 Å². The molecule has 3 rings (SSSR count). The number of carbonyl (C=O) groups excluding carboxylic acids is 1. The van der Waals surface area contributed by atoms with Crippen LogP contribution in [0, 0.1) is 0 Å². The number of nitrogens with zero attached hydrogens (tertiary/aromatic N) is 3. The molecule has 0 bridgehead atoms. The second-order valence-electron chi connectivity index (χ2n) is 7.00. The van der Waals surface area contributed by atoms with Crippen LogP contribution in [0.25, 0.3) is 0 Å². The van der Waals surface area contributed by atoms with E-state index in [0.29, 0.717) is 30.1 Å². The lowest BCUT2D eigenvalue weighted by Gasteiger charge is -2.18. The third-order valence-electron chi connectivity index (χ3n) is 4.99. The molecule has 0 saturated heterocycles. The monoisotopic (exact) mass is 485 g/mol. The predicted octanol–water partition coefficient (Wildman–Crippen LogP) is 2.60. The molecule has 1 amide bonds. The Balaban J connectivity index is 1.72. The summed E-state index contributed by atoms with van der Waals surface area (Å²) in [6.07, 6.45) is 1.27. The van der Waals surface area contributed by atoms with Crippen molar-refractivity contribution in [3.8, 4) is 5.75 Å². The van der Waals surface area contributed by atoms with Crippen LogP contribution in [-0.4, -0.2) is 48.8 Å². The number of amides is 1. The highest BCUT2D eigenvalue weighted by atomic mass is 32.2. The van der Waals surface area contributed by atoms with Gasteiger partial charge in [0.05, 0.1) is 17.6 Å². The summed E-state index contributed by atoms with van der Waals surface area (Å²) in [6, 6.07) is 13.0. The number of nitrogen functional groups attached to an aromatic ring is 1. The highest BCUT2D eigenvalue weighted by Crippen LogP contribution is 2.26. The summed E-state index contributed by atoms with van der Waals surface area (Å²) >= 11 is 0. The van der Waals surface area contributed by atoms with Crippen molar-refractivity contribution in [1.29, 1.82) is 0 Å². The summed E-state index contributed by atoms with van der Waals surface area (Å²) in [5.41, 5.74) is 12.4. The van der Waals surface area contributed by atoms with Gasteiger partial charge < -0.3 is 15.8 Å². The molecule has 3 aromatic rings. The SMILES string of the molecule is CCN(CC)S(=O)(=O)c1ccc(Nc2ncnc(NNC(=O)c3ccccc3OC)c2N)cc1. The molecule has 1 heterocycles. The van der Waals surface area contributed by atoms with E-state index in [-0.39, 0.29) is 22.2 Å². The molecule has 5 N–H and O–H groups in total. The van der Waals surface area contributed by atoms with E-state index in [1.165, 1.54) is 29.9 Å². The Morgan fingerprint density at radius 2 is 1.68 bits per heavy atom.